The zero-order valence-electron chi connectivity index (χ0n) is 15.0. The van der Waals surface area contributed by atoms with Gasteiger partial charge in [0.1, 0.15) is 5.69 Å². The van der Waals surface area contributed by atoms with Crippen molar-refractivity contribution in [3.63, 3.8) is 0 Å². The second kappa shape index (κ2) is 7.70. The van der Waals surface area contributed by atoms with Crippen molar-refractivity contribution in [2.75, 3.05) is 20.1 Å². The third kappa shape index (κ3) is 3.58. The molecule has 2 aromatic carbocycles. The Hall–Kier alpha value is -2.02. The van der Waals surface area contributed by atoms with Gasteiger partial charge in [0.05, 0.1) is 47.7 Å². The highest BCUT2D eigenvalue weighted by Gasteiger charge is 2.30. The summed E-state index contributed by atoms with van der Waals surface area (Å²) in [5.74, 6) is 0.504. The van der Waals surface area contributed by atoms with E-state index < -0.39 is 10.8 Å². The molecule has 1 fully saturated rings. The number of nitrogens with zero attached hydrogens (tertiary/aromatic N) is 2. The Bertz CT molecular complexity index is 883. The number of H-pyrrole nitrogens is 1. The second-order valence-corrected chi connectivity index (χ2v) is 8.45. The average Bonchev–Trinajstić information content (AvgIpc) is 3.07. The van der Waals surface area contributed by atoms with Gasteiger partial charge in [-0.15, -0.1) is 0 Å². The summed E-state index contributed by atoms with van der Waals surface area (Å²) in [6, 6.07) is 16.3. The van der Waals surface area contributed by atoms with Crippen molar-refractivity contribution >= 4 is 27.5 Å². The summed E-state index contributed by atoms with van der Waals surface area (Å²) in [5.41, 5.74) is 4.29. The molecule has 6 heteroatoms. The summed E-state index contributed by atoms with van der Waals surface area (Å²) in [6.07, 6.45) is 3.84. The number of hydrogen-bond donors (Lipinski definition) is 1. The Morgan fingerprint density at radius 2 is 1.73 bits per heavy atom. The van der Waals surface area contributed by atoms with E-state index in [0.29, 0.717) is 10.9 Å². The van der Waals surface area contributed by atoms with Crippen molar-refractivity contribution in [3.8, 4) is 0 Å². The Labute approximate surface area is 156 Å². The van der Waals surface area contributed by atoms with Gasteiger partial charge in [0, 0.05) is 5.56 Å². The molecule has 4 rings (SSSR count). The van der Waals surface area contributed by atoms with E-state index in [1.807, 2.05) is 30.3 Å². The molecule has 0 spiro atoms. The third-order valence-electron chi connectivity index (χ3n) is 5.25. The van der Waals surface area contributed by atoms with Crippen molar-refractivity contribution in [2.45, 2.75) is 30.2 Å². The number of aromatic nitrogens is 2. The predicted octanol–water partition coefficient (Wildman–Crippen LogP) is 3.81. The summed E-state index contributed by atoms with van der Waals surface area (Å²) in [6.45, 7) is 2.32. The van der Waals surface area contributed by atoms with Crippen LogP contribution in [-0.2, 0) is 16.6 Å². The van der Waals surface area contributed by atoms with Crippen molar-refractivity contribution in [1.29, 1.82) is 0 Å². The van der Waals surface area contributed by atoms with Crippen LogP contribution in [0.4, 0.5) is 5.69 Å². The highest BCUT2D eigenvalue weighted by Crippen LogP contribution is 2.31. The van der Waals surface area contributed by atoms with Gasteiger partial charge in [-0.25, -0.2) is 4.98 Å². The first-order valence-corrected chi connectivity index (χ1v) is 10.2. The molecule has 0 amide bonds. The molecule has 1 atom stereocenters. The number of piperidine rings is 1. The molecule has 0 aliphatic carbocycles. The lowest BCUT2D eigenvalue weighted by molar-refractivity contribution is 0.273. The van der Waals surface area contributed by atoms with Crippen LogP contribution in [0.25, 0.3) is 11.0 Å². The topological polar surface area (TPSA) is 75.8 Å². The van der Waals surface area contributed by atoms with E-state index >= 15 is 0 Å². The van der Waals surface area contributed by atoms with E-state index in [2.05, 4.69) is 35.2 Å². The third-order valence-corrected chi connectivity index (χ3v) is 6.44. The van der Waals surface area contributed by atoms with Crippen molar-refractivity contribution in [1.82, 2.24) is 14.5 Å². The minimum absolute atomic E-state index is 0. The highest BCUT2D eigenvalue weighted by molar-refractivity contribution is 7.84. The van der Waals surface area contributed by atoms with E-state index in [1.165, 1.54) is 30.5 Å². The van der Waals surface area contributed by atoms with E-state index in [4.69, 9.17) is 0 Å². The number of fused-ring (bicyclic) bond motifs is 1. The second-order valence-electron chi connectivity index (χ2n) is 7.08. The molecule has 2 N–H and O–H groups in total. The summed E-state index contributed by atoms with van der Waals surface area (Å²) >= 11 is 0. The first-order valence-electron chi connectivity index (χ1n) is 8.92. The first kappa shape index (κ1) is 18.8. The molecule has 5 nitrogen and oxygen atoms in total. The van der Waals surface area contributed by atoms with Crippen LogP contribution in [0.1, 0.15) is 24.8 Å². The fraction of sp³-hybridized carbons (Fsp3) is 0.350. The molecule has 0 radical (unpaired) electrons. The Kier molecular flexibility index (Phi) is 5.55. The molecule has 1 aliphatic rings. The smallest absolute Gasteiger partial charge is 0.197 e. The SMILES string of the molecule is C[N+]1(c2ccccc2CS(=O)c2nc3ccccc3[nH]2)CCCCC1.[OH-]. The van der Waals surface area contributed by atoms with Crippen molar-refractivity contribution in [2.24, 2.45) is 0 Å². The molecule has 2 heterocycles. The largest absolute Gasteiger partial charge is 0.870 e. The number of nitrogens with one attached hydrogen (secondary N) is 1. The fourth-order valence-electron chi connectivity index (χ4n) is 3.86. The predicted molar refractivity (Wildman–Crippen MR) is 106 cm³/mol. The van der Waals surface area contributed by atoms with Crippen LogP contribution in [0.5, 0.6) is 0 Å². The average molecular weight is 372 g/mol. The van der Waals surface area contributed by atoms with Crippen LogP contribution in [0, 0.1) is 0 Å². The highest BCUT2D eigenvalue weighted by atomic mass is 32.2. The van der Waals surface area contributed by atoms with Gasteiger partial charge in [-0.3, -0.25) is 8.69 Å². The Morgan fingerprint density at radius 1 is 1.04 bits per heavy atom. The first-order chi connectivity index (χ1) is 12.2. The molecule has 1 saturated heterocycles. The monoisotopic (exact) mass is 371 g/mol. The van der Waals surface area contributed by atoms with Gasteiger partial charge < -0.3 is 10.5 Å². The number of aromatic amines is 1. The molecular formula is C20H25N3O2S. The molecular weight excluding hydrogens is 346 g/mol. The summed E-state index contributed by atoms with van der Waals surface area (Å²) in [5, 5.41) is 0.567. The van der Waals surface area contributed by atoms with Crippen LogP contribution in [0.15, 0.2) is 53.7 Å². The van der Waals surface area contributed by atoms with Gasteiger partial charge >= 0.3 is 0 Å². The van der Waals surface area contributed by atoms with Crippen molar-refractivity contribution in [3.05, 3.63) is 54.1 Å². The molecule has 1 aromatic heterocycles. The normalized spacial score (nSPS) is 17.6. The van der Waals surface area contributed by atoms with Gasteiger partial charge in [-0.05, 0) is 37.5 Å². The van der Waals surface area contributed by atoms with Crippen LogP contribution >= 0.6 is 0 Å². The van der Waals surface area contributed by atoms with E-state index in [0.717, 1.165) is 28.6 Å². The maximum atomic E-state index is 12.9. The molecule has 138 valence electrons. The van der Waals surface area contributed by atoms with Crippen LogP contribution in [0.2, 0.25) is 0 Å². The number of rotatable bonds is 4. The number of likely N-dealkylation sites (tertiary alicyclic amines) is 1. The van der Waals surface area contributed by atoms with Gasteiger partial charge in [0.2, 0.25) is 0 Å². The number of benzene rings is 2. The molecule has 0 bridgehead atoms. The zero-order valence-corrected chi connectivity index (χ0v) is 15.8. The van der Waals surface area contributed by atoms with Crippen LogP contribution in [-0.4, -0.2) is 39.8 Å². The van der Waals surface area contributed by atoms with E-state index in [1.54, 1.807) is 0 Å². The van der Waals surface area contributed by atoms with E-state index in [-0.39, 0.29) is 5.48 Å². The summed E-state index contributed by atoms with van der Waals surface area (Å²) in [4.78, 5) is 7.72. The number of para-hydroxylation sites is 3. The van der Waals surface area contributed by atoms with Crippen LogP contribution in [0.3, 0.4) is 0 Å². The van der Waals surface area contributed by atoms with Gasteiger partial charge in [0.15, 0.2) is 5.16 Å². The van der Waals surface area contributed by atoms with Crippen molar-refractivity contribution < 1.29 is 9.69 Å². The quantitative estimate of drug-likeness (QED) is 0.709. The molecule has 0 saturated carbocycles. The van der Waals surface area contributed by atoms with Gasteiger partial charge in [0.25, 0.3) is 0 Å². The fourth-order valence-corrected chi connectivity index (χ4v) is 4.94. The van der Waals surface area contributed by atoms with E-state index in [9.17, 15) is 4.21 Å². The Morgan fingerprint density at radius 3 is 2.50 bits per heavy atom. The minimum Gasteiger partial charge on any atom is -0.870 e. The standard InChI is InChI=1S/C20H24N3OS.H2O/c1-23(13-7-2-8-14-23)19-12-6-3-9-16(19)15-25(24)20-21-17-10-4-5-11-18(17)22-20;/h3-6,9-12H,2,7-8,13-15H2,1H3,(H,21,22);1H2/q+1;/p-1. The lowest BCUT2D eigenvalue weighted by atomic mass is 10.0. The number of imidazole rings is 1. The number of hydrogen-bond acceptors (Lipinski definition) is 3. The molecule has 1 unspecified atom stereocenters. The summed E-state index contributed by atoms with van der Waals surface area (Å²) < 4.78 is 13.9. The number of quaternary nitrogens is 1. The minimum atomic E-state index is -1.18. The lowest BCUT2D eigenvalue weighted by Gasteiger charge is -2.38. The van der Waals surface area contributed by atoms with Gasteiger partial charge in [-0.1, -0.05) is 30.3 Å². The lowest BCUT2D eigenvalue weighted by Crippen LogP contribution is -2.49. The maximum absolute atomic E-state index is 12.9. The van der Waals surface area contributed by atoms with Gasteiger partial charge in [-0.2, -0.15) is 0 Å². The molecule has 1 aliphatic heterocycles. The maximum Gasteiger partial charge on any atom is 0.197 e. The molecule has 26 heavy (non-hydrogen) atoms. The van der Waals surface area contributed by atoms with Crippen LogP contribution < -0.4 is 4.48 Å². The Balaban J connectivity index is 0.00000196. The summed E-state index contributed by atoms with van der Waals surface area (Å²) in [7, 11) is 1.13. The zero-order chi connectivity index (χ0) is 17.3. The molecule has 3 aromatic rings.